The van der Waals surface area contributed by atoms with Crippen LogP contribution in [0.3, 0.4) is 0 Å². The van der Waals surface area contributed by atoms with Crippen molar-refractivity contribution in [3.05, 3.63) is 53.2 Å². The fourth-order valence-electron chi connectivity index (χ4n) is 4.71. The predicted molar refractivity (Wildman–Crippen MR) is 111 cm³/mol. The summed E-state index contributed by atoms with van der Waals surface area (Å²) >= 11 is 0. The van der Waals surface area contributed by atoms with Crippen LogP contribution in [0.1, 0.15) is 43.0 Å². The van der Waals surface area contributed by atoms with Crippen LogP contribution >= 0.6 is 0 Å². The lowest BCUT2D eigenvalue weighted by molar-refractivity contribution is -0.117. The molecule has 29 heavy (non-hydrogen) atoms. The molecule has 0 radical (unpaired) electrons. The standard InChI is InChI=1S/C23H27N3O3/c1-14-15(8-12-20(24-14)29-4)7-11-18-21(23(18,2)3)16-5-9-17(10-6-16)26-13-19(27)25-22(26)28/h5-6,8-10,12,18,21H,7,11,13H2,1-4H3,(H,25,27,28). The maximum absolute atomic E-state index is 11.8. The summed E-state index contributed by atoms with van der Waals surface area (Å²) in [5.41, 5.74) is 4.59. The molecule has 2 unspecified atom stereocenters. The number of rotatable bonds is 6. The molecule has 1 aromatic carbocycles. The molecule has 1 aliphatic carbocycles. The summed E-state index contributed by atoms with van der Waals surface area (Å²) in [5.74, 6) is 1.50. The number of hydrogen-bond acceptors (Lipinski definition) is 4. The topological polar surface area (TPSA) is 71.5 Å². The number of benzene rings is 1. The Labute approximate surface area is 171 Å². The number of nitrogens with zero attached hydrogens (tertiary/aromatic N) is 2. The van der Waals surface area contributed by atoms with Gasteiger partial charge in [-0.2, -0.15) is 0 Å². The van der Waals surface area contributed by atoms with Gasteiger partial charge in [-0.25, -0.2) is 9.78 Å². The Hall–Kier alpha value is -2.89. The molecule has 1 aliphatic heterocycles. The fourth-order valence-corrected chi connectivity index (χ4v) is 4.71. The third kappa shape index (κ3) is 3.59. The molecule has 1 saturated heterocycles. The molecule has 6 heteroatoms. The van der Waals surface area contributed by atoms with E-state index in [-0.39, 0.29) is 23.9 Å². The van der Waals surface area contributed by atoms with E-state index < -0.39 is 0 Å². The maximum atomic E-state index is 11.8. The van der Waals surface area contributed by atoms with E-state index in [1.165, 1.54) is 16.0 Å². The number of carbonyl (C=O) groups excluding carboxylic acids is 2. The highest BCUT2D eigenvalue weighted by Gasteiger charge is 2.57. The number of aromatic nitrogens is 1. The minimum atomic E-state index is -0.351. The summed E-state index contributed by atoms with van der Waals surface area (Å²) < 4.78 is 5.20. The Morgan fingerprint density at radius 2 is 1.90 bits per heavy atom. The number of ether oxygens (including phenoxy) is 1. The van der Waals surface area contributed by atoms with Crippen molar-refractivity contribution in [1.29, 1.82) is 0 Å². The molecule has 1 saturated carbocycles. The molecular formula is C23H27N3O3. The van der Waals surface area contributed by atoms with E-state index in [0.29, 0.717) is 17.7 Å². The van der Waals surface area contributed by atoms with Gasteiger partial charge >= 0.3 is 6.03 Å². The quantitative estimate of drug-likeness (QED) is 0.757. The number of hydrogen-bond donors (Lipinski definition) is 1. The Bertz CT molecular complexity index is 952. The third-order valence-corrected chi connectivity index (χ3v) is 6.51. The zero-order valence-electron chi connectivity index (χ0n) is 17.4. The van der Waals surface area contributed by atoms with Crippen LogP contribution < -0.4 is 15.0 Å². The summed E-state index contributed by atoms with van der Waals surface area (Å²) in [4.78, 5) is 29.2. The van der Waals surface area contributed by atoms with Gasteiger partial charge < -0.3 is 4.74 Å². The smallest absolute Gasteiger partial charge is 0.329 e. The van der Waals surface area contributed by atoms with Gasteiger partial charge in [0, 0.05) is 17.4 Å². The summed E-state index contributed by atoms with van der Waals surface area (Å²) in [5, 5.41) is 2.31. The van der Waals surface area contributed by atoms with Gasteiger partial charge in [-0.05, 0) is 60.3 Å². The average Bonchev–Trinajstić information content (AvgIpc) is 3.06. The number of amides is 3. The number of nitrogens with one attached hydrogen (secondary N) is 1. The summed E-state index contributed by atoms with van der Waals surface area (Å²) in [6, 6.07) is 11.8. The molecule has 2 fully saturated rings. The summed E-state index contributed by atoms with van der Waals surface area (Å²) in [7, 11) is 1.64. The highest BCUT2D eigenvalue weighted by Crippen LogP contribution is 2.66. The van der Waals surface area contributed by atoms with Crippen molar-refractivity contribution in [3.8, 4) is 5.88 Å². The first kappa shape index (κ1) is 19.4. The molecule has 4 rings (SSSR count). The molecule has 3 amide bonds. The van der Waals surface area contributed by atoms with Crippen LogP contribution in [-0.4, -0.2) is 30.6 Å². The number of methoxy groups -OCH3 is 1. The molecular weight excluding hydrogens is 366 g/mol. The van der Waals surface area contributed by atoms with E-state index in [1.807, 2.05) is 25.1 Å². The first-order chi connectivity index (χ1) is 13.8. The molecule has 0 bridgehead atoms. The second-order valence-corrected chi connectivity index (χ2v) is 8.57. The first-order valence-electron chi connectivity index (χ1n) is 10.0. The minimum absolute atomic E-state index is 0.0883. The molecule has 2 aliphatic rings. The van der Waals surface area contributed by atoms with Gasteiger partial charge in [0.15, 0.2) is 0 Å². The Morgan fingerprint density at radius 3 is 2.48 bits per heavy atom. The van der Waals surface area contributed by atoms with Crippen molar-refractivity contribution < 1.29 is 14.3 Å². The third-order valence-electron chi connectivity index (χ3n) is 6.51. The van der Waals surface area contributed by atoms with Gasteiger partial charge in [-0.15, -0.1) is 0 Å². The minimum Gasteiger partial charge on any atom is -0.481 e. The molecule has 6 nitrogen and oxygen atoms in total. The maximum Gasteiger partial charge on any atom is 0.329 e. The first-order valence-corrected chi connectivity index (χ1v) is 10.0. The zero-order valence-corrected chi connectivity index (χ0v) is 17.4. The highest BCUT2D eigenvalue weighted by atomic mass is 16.5. The van der Waals surface area contributed by atoms with Crippen LogP contribution in [0.15, 0.2) is 36.4 Å². The van der Waals surface area contributed by atoms with Crippen molar-refractivity contribution in [2.45, 2.75) is 39.5 Å². The predicted octanol–water partition coefficient (Wildman–Crippen LogP) is 3.83. The van der Waals surface area contributed by atoms with Crippen LogP contribution in [0.25, 0.3) is 0 Å². The van der Waals surface area contributed by atoms with E-state index in [2.05, 4.69) is 42.3 Å². The van der Waals surface area contributed by atoms with E-state index >= 15 is 0 Å². The molecule has 1 N–H and O–H groups in total. The molecule has 2 heterocycles. The van der Waals surface area contributed by atoms with Crippen LogP contribution in [0.5, 0.6) is 5.88 Å². The van der Waals surface area contributed by atoms with Gasteiger partial charge in [0.2, 0.25) is 11.8 Å². The van der Waals surface area contributed by atoms with Gasteiger partial charge in [-0.1, -0.05) is 32.0 Å². The van der Waals surface area contributed by atoms with Crippen LogP contribution in [0, 0.1) is 18.3 Å². The Kier molecular flexibility index (Phi) is 4.81. The molecule has 0 spiro atoms. The normalized spacial score (nSPS) is 22.6. The number of aryl methyl sites for hydroxylation is 2. The largest absolute Gasteiger partial charge is 0.481 e. The van der Waals surface area contributed by atoms with Crippen molar-refractivity contribution in [2.75, 3.05) is 18.6 Å². The van der Waals surface area contributed by atoms with Crippen LogP contribution in [0.2, 0.25) is 0 Å². The summed E-state index contributed by atoms with van der Waals surface area (Å²) in [6.45, 7) is 6.76. The highest BCUT2D eigenvalue weighted by molar-refractivity contribution is 6.12. The van der Waals surface area contributed by atoms with E-state index in [9.17, 15) is 9.59 Å². The van der Waals surface area contributed by atoms with Crippen molar-refractivity contribution in [3.63, 3.8) is 0 Å². The number of carbonyl (C=O) groups is 2. The second kappa shape index (κ2) is 7.17. The second-order valence-electron chi connectivity index (χ2n) is 8.57. The van der Waals surface area contributed by atoms with Gasteiger partial charge in [0.25, 0.3) is 0 Å². The number of anilines is 1. The molecule has 1 aromatic heterocycles. The van der Waals surface area contributed by atoms with Crippen LogP contribution in [0.4, 0.5) is 10.5 Å². The Balaban J connectivity index is 1.43. The van der Waals surface area contributed by atoms with Gasteiger partial charge in [-0.3, -0.25) is 15.0 Å². The van der Waals surface area contributed by atoms with Crippen molar-refractivity contribution >= 4 is 17.6 Å². The SMILES string of the molecule is COc1ccc(CCC2C(c3ccc(N4CC(=O)NC4=O)cc3)C2(C)C)c(C)n1. The number of imide groups is 1. The lowest BCUT2D eigenvalue weighted by atomic mass is 10.0. The van der Waals surface area contributed by atoms with E-state index in [1.54, 1.807) is 7.11 Å². The van der Waals surface area contributed by atoms with Crippen molar-refractivity contribution in [2.24, 2.45) is 11.3 Å². The number of pyridine rings is 1. The molecule has 2 aromatic rings. The lowest BCUT2D eigenvalue weighted by Crippen LogP contribution is -2.27. The molecule has 152 valence electrons. The van der Waals surface area contributed by atoms with E-state index in [4.69, 9.17) is 4.74 Å². The monoisotopic (exact) mass is 393 g/mol. The Morgan fingerprint density at radius 1 is 1.17 bits per heavy atom. The fraction of sp³-hybridized carbons (Fsp3) is 0.435. The van der Waals surface area contributed by atoms with Gasteiger partial charge in [0.1, 0.15) is 6.54 Å². The van der Waals surface area contributed by atoms with Gasteiger partial charge in [0.05, 0.1) is 7.11 Å². The average molecular weight is 393 g/mol. The molecule has 2 atom stereocenters. The van der Waals surface area contributed by atoms with E-state index in [0.717, 1.165) is 24.2 Å². The van der Waals surface area contributed by atoms with Crippen LogP contribution in [-0.2, 0) is 11.2 Å². The summed E-state index contributed by atoms with van der Waals surface area (Å²) in [6.07, 6.45) is 2.11. The van der Waals surface area contributed by atoms with Crippen molar-refractivity contribution in [1.82, 2.24) is 10.3 Å². The lowest BCUT2D eigenvalue weighted by Gasteiger charge is -2.14. The number of urea groups is 1. The zero-order chi connectivity index (χ0) is 20.8.